The van der Waals surface area contributed by atoms with E-state index in [4.69, 9.17) is 18.5 Å². The van der Waals surface area contributed by atoms with E-state index in [2.05, 4.69) is 26.0 Å². The number of carbonyl (C=O) groups excluding carboxylic acids is 2. The first-order valence-electron chi connectivity index (χ1n) is 26.1. The minimum Gasteiger partial charge on any atom is -0.457 e. The molecule has 0 aliphatic rings. The van der Waals surface area contributed by atoms with Crippen LogP contribution in [0, 0.1) is 0 Å². The summed E-state index contributed by atoms with van der Waals surface area (Å²) in [5.41, 5.74) is 0. The van der Waals surface area contributed by atoms with Crippen LogP contribution < -0.4 is 0 Å². The van der Waals surface area contributed by atoms with E-state index >= 15 is 0 Å². The molecule has 0 aromatic carbocycles. The number of esters is 2. The Kier molecular flexibility index (Phi) is 46.7. The number of ether oxygens (including phenoxy) is 2. The van der Waals surface area contributed by atoms with Crippen molar-refractivity contribution in [2.24, 2.45) is 0 Å². The number of hydrogen-bond donors (Lipinski definition) is 3. The maximum atomic E-state index is 12.4. The van der Waals surface area contributed by atoms with Crippen LogP contribution in [0.25, 0.3) is 0 Å². The molecule has 0 amide bonds. The lowest BCUT2D eigenvalue weighted by Gasteiger charge is -2.20. The van der Waals surface area contributed by atoms with Crippen molar-refractivity contribution < 1.29 is 47.8 Å². The second kappa shape index (κ2) is 47.7. The molecule has 0 rings (SSSR count). The summed E-state index contributed by atoms with van der Waals surface area (Å²) in [6.45, 7) is 2.26. The smallest absolute Gasteiger partial charge is 0.457 e. The van der Waals surface area contributed by atoms with Crippen LogP contribution in [0.1, 0.15) is 264 Å². The van der Waals surface area contributed by atoms with Crippen molar-refractivity contribution in [2.75, 3.05) is 26.4 Å². The van der Waals surface area contributed by atoms with E-state index in [1.165, 1.54) is 173 Å². The minimum absolute atomic E-state index is 0.186. The van der Waals surface area contributed by atoms with Crippen LogP contribution in [0.3, 0.4) is 0 Å². The van der Waals surface area contributed by atoms with Crippen LogP contribution in [-0.2, 0) is 32.7 Å². The zero-order valence-corrected chi connectivity index (χ0v) is 41.3. The summed E-state index contributed by atoms with van der Waals surface area (Å²) in [6.07, 6.45) is 49.1. The highest BCUT2D eigenvalue weighted by molar-refractivity contribution is 7.47. The first-order chi connectivity index (χ1) is 30.3. The van der Waals surface area contributed by atoms with E-state index in [-0.39, 0.29) is 12.8 Å². The summed E-state index contributed by atoms with van der Waals surface area (Å²) in [5, 5.41) is 19.2. The third-order valence-corrected chi connectivity index (χ3v) is 12.7. The van der Waals surface area contributed by atoms with Crippen LogP contribution in [0.2, 0.25) is 0 Å². The van der Waals surface area contributed by atoms with Crippen LogP contribution >= 0.6 is 7.82 Å². The summed E-state index contributed by atoms with van der Waals surface area (Å²) < 4.78 is 32.7. The number of allylic oxidation sites excluding steroid dienone is 2. The number of carbonyl (C=O) groups is 2. The van der Waals surface area contributed by atoms with Crippen LogP contribution in [0.5, 0.6) is 0 Å². The molecule has 62 heavy (non-hydrogen) atoms. The van der Waals surface area contributed by atoms with Gasteiger partial charge in [0.1, 0.15) is 12.2 Å². The summed E-state index contributed by atoms with van der Waals surface area (Å²) in [7, 11) is -4.64. The van der Waals surface area contributed by atoms with Crippen molar-refractivity contribution in [3.63, 3.8) is 0 Å². The van der Waals surface area contributed by atoms with Gasteiger partial charge < -0.3 is 24.6 Å². The van der Waals surface area contributed by atoms with Gasteiger partial charge in [0.05, 0.1) is 26.4 Å². The summed E-state index contributed by atoms with van der Waals surface area (Å²) in [5.74, 6) is -1.01. The first kappa shape index (κ1) is 60.7. The Hall–Kier alpha value is -1.29. The molecule has 0 saturated heterocycles. The molecular formula is C51H99O10P. The molecule has 0 fully saturated rings. The van der Waals surface area contributed by atoms with Gasteiger partial charge in [0.25, 0.3) is 0 Å². The number of hydrogen-bond acceptors (Lipinski definition) is 9. The van der Waals surface area contributed by atoms with Crippen molar-refractivity contribution in [1.29, 1.82) is 0 Å². The predicted octanol–water partition coefficient (Wildman–Crippen LogP) is 14.7. The van der Waals surface area contributed by atoms with Crippen molar-refractivity contribution >= 4 is 19.8 Å². The molecule has 0 spiro atoms. The molecule has 3 N–H and O–H groups in total. The average Bonchev–Trinajstić information content (AvgIpc) is 3.26. The molecule has 11 heteroatoms. The number of rotatable bonds is 50. The molecule has 0 saturated carbocycles. The largest absolute Gasteiger partial charge is 0.472 e. The number of unbranched alkanes of at least 4 members (excludes halogenated alkanes) is 34. The fourth-order valence-electron chi connectivity index (χ4n) is 7.70. The van der Waals surface area contributed by atoms with Gasteiger partial charge in [-0.15, -0.1) is 0 Å². The molecule has 0 radical (unpaired) electrons. The van der Waals surface area contributed by atoms with Crippen LogP contribution in [-0.4, -0.2) is 65.7 Å². The molecule has 368 valence electrons. The Balaban J connectivity index is 3.78. The lowest BCUT2D eigenvalue weighted by molar-refractivity contribution is -0.153. The van der Waals surface area contributed by atoms with E-state index in [1.807, 2.05) is 0 Å². The van der Waals surface area contributed by atoms with Gasteiger partial charge >= 0.3 is 19.8 Å². The lowest BCUT2D eigenvalue weighted by Crippen LogP contribution is -2.28. The zero-order chi connectivity index (χ0) is 45.5. The normalized spacial score (nSPS) is 13.7. The minimum atomic E-state index is -4.64. The van der Waals surface area contributed by atoms with E-state index in [9.17, 15) is 29.3 Å². The van der Waals surface area contributed by atoms with Crippen molar-refractivity contribution in [3.8, 4) is 0 Å². The lowest BCUT2D eigenvalue weighted by atomic mass is 10.0. The van der Waals surface area contributed by atoms with Gasteiger partial charge in [0.15, 0.2) is 0 Å². The fraction of sp³-hybridized carbons (Fsp3) is 0.922. The topological polar surface area (TPSA) is 149 Å². The SMILES string of the molecule is CCCCCCCCC/C=C\CCCCCCCC(=O)OC(CO)COP(=O)(O)OCC(CO)OC(=O)CCCCCCCCCCCCCCCCCCCCCCCCC. The highest BCUT2D eigenvalue weighted by Crippen LogP contribution is 2.43. The first-order valence-corrected chi connectivity index (χ1v) is 27.6. The molecule has 0 aliphatic carbocycles. The summed E-state index contributed by atoms with van der Waals surface area (Å²) in [6, 6.07) is 0. The fourth-order valence-corrected chi connectivity index (χ4v) is 8.49. The second-order valence-electron chi connectivity index (χ2n) is 17.9. The summed E-state index contributed by atoms with van der Waals surface area (Å²) in [4.78, 5) is 34.7. The maximum absolute atomic E-state index is 12.4. The quantitative estimate of drug-likeness (QED) is 0.0233. The molecule has 0 aromatic rings. The molecule has 0 heterocycles. The molecule has 3 unspecified atom stereocenters. The Morgan fingerprint density at radius 1 is 0.419 bits per heavy atom. The van der Waals surface area contributed by atoms with Crippen molar-refractivity contribution in [3.05, 3.63) is 12.2 Å². The van der Waals surface area contributed by atoms with Gasteiger partial charge in [-0.2, -0.15) is 0 Å². The number of phosphoric ester groups is 1. The second-order valence-corrected chi connectivity index (χ2v) is 19.3. The van der Waals surface area contributed by atoms with Gasteiger partial charge in [0, 0.05) is 12.8 Å². The molecule has 0 aliphatic heterocycles. The maximum Gasteiger partial charge on any atom is 0.472 e. The van der Waals surface area contributed by atoms with Gasteiger partial charge in [-0.05, 0) is 38.5 Å². The zero-order valence-electron chi connectivity index (χ0n) is 40.4. The van der Waals surface area contributed by atoms with Crippen molar-refractivity contribution in [2.45, 2.75) is 276 Å². The predicted molar refractivity (Wildman–Crippen MR) is 256 cm³/mol. The Labute approximate surface area is 381 Å². The molecule has 0 bridgehead atoms. The third-order valence-electron chi connectivity index (χ3n) is 11.7. The van der Waals surface area contributed by atoms with E-state index in [0.29, 0.717) is 12.8 Å². The standard InChI is InChI=1S/C51H99O10P/c1-3-5-7-9-11-13-15-17-19-21-22-23-24-25-26-27-29-31-33-35-37-39-41-43-51(55)61-49(45-53)47-59-62(56,57)58-46-48(44-52)60-50(54)42-40-38-36-34-32-30-28-20-18-16-14-12-10-8-6-4-2/h20,28,48-49,52-53H,3-19,21-27,29-47H2,1-2H3,(H,56,57)/b28-20-. The van der Waals surface area contributed by atoms with Gasteiger partial charge in [-0.1, -0.05) is 225 Å². The Morgan fingerprint density at radius 3 is 0.919 bits per heavy atom. The number of aliphatic hydroxyl groups is 2. The monoisotopic (exact) mass is 903 g/mol. The number of phosphoric acid groups is 1. The van der Waals surface area contributed by atoms with Crippen molar-refractivity contribution in [1.82, 2.24) is 0 Å². The molecule has 0 aromatic heterocycles. The van der Waals surface area contributed by atoms with Gasteiger partial charge in [0.2, 0.25) is 0 Å². The highest BCUT2D eigenvalue weighted by Gasteiger charge is 2.27. The molecular weight excluding hydrogens is 804 g/mol. The van der Waals surface area contributed by atoms with E-state index in [1.54, 1.807) is 0 Å². The number of aliphatic hydroxyl groups excluding tert-OH is 2. The van der Waals surface area contributed by atoms with Crippen LogP contribution in [0.4, 0.5) is 0 Å². The van der Waals surface area contributed by atoms with Gasteiger partial charge in [-0.25, -0.2) is 4.57 Å². The highest BCUT2D eigenvalue weighted by atomic mass is 31.2. The third kappa shape index (κ3) is 45.3. The Bertz CT molecular complexity index is 1040. The van der Waals surface area contributed by atoms with E-state index in [0.717, 1.165) is 51.4 Å². The average molecular weight is 903 g/mol. The molecule has 10 nitrogen and oxygen atoms in total. The van der Waals surface area contributed by atoms with E-state index < -0.39 is 58.4 Å². The molecule has 3 atom stereocenters. The Morgan fingerprint density at radius 2 is 0.661 bits per heavy atom. The summed E-state index contributed by atoms with van der Waals surface area (Å²) >= 11 is 0. The van der Waals surface area contributed by atoms with Gasteiger partial charge in [-0.3, -0.25) is 18.6 Å². The van der Waals surface area contributed by atoms with Crippen LogP contribution in [0.15, 0.2) is 12.2 Å².